The zero-order valence-electron chi connectivity index (χ0n) is 21.0. The molecule has 3 heterocycles. The summed E-state index contributed by atoms with van der Waals surface area (Å²) in [5, 5.41) is 19.3. The average Bonchev–Trinajstić information content (AvgIpc) is 3.48. The van der Waals surface area contributed by atoms with Gasteiger partial charge in [0, 0.05) is 25.4 Å². The lowest BCUT2D eigenvalue weighted by Gasteiger charge is -2.37. The molecule has 1 aromatic carbocycles. The van der Waals surface area contributed by atoms with Gasteiger partial charge in [-0.25, -0.2) is 0 Å². The molecule has 196 valence electrons. The number of methoxy groups -OCH3 is 1. The quantitative estimate of drug-likeness (QED) is 0.335. The maximum Gasteiger partial charge on any atom is 0.310 e. The highest BCUT2D eigenvalue weighted by Crippen LogP contribution is 2.64. The molecule has 2 amide bonds. The van der Waals surface area contributed by atoms with Gasteiger partial charge in [0.2, 0.25) is 5.91 Å². The molecule has 9 nitrogen and oxygen atoms in total. The molecule has 0 radical (unpaired) electrons. The number of aliphatic hydroxyl groups is 1. The Labute approximate surface area is 211 Å². The summed E-state index contributed by atoms with van der Waals surface area (Å²) in [4.78, 5) is 43.7. The number of nitrogens with zero attached hydrogens (tertiary/aromatic N) is 2. The zero-order chi connectivity index (χ0) is 26.1. The number of fused-ring (bicyclic) bond motifs is 1. The summed E-state index contributed by atoms with van der Waals surface area (Å²) in [6.07, 6.45) is 4.92. The van der Waals surface area contributed by atoms with Crippen molar-refractivity contribution in [1.82, 2.24) is 4.90 Å². The van der Waals surface area contributed by atoms with Crippen molar-refractivity contribution >= 4 is 23.5 Å². The van der Waals surface area contributed by atoms with Gasteiger partial charge in [0.1, 0.15) is 23.3 Å². The highest BCUT2D eigenvalue weighted by atomic mass is 16.5. The molecule has 5 atom stereocenters. The van der Waals surface area contributed by atoms with Crippen LogP contribution < -0.4 is 9.64 Å². The van der Waals surface area contributed by atoms with E-state index in [0.29, 0.717) is 56.5 Å². The second kappa shape index (κ2) is 10.2. The third-order valence-electron chi connectivity index (χ3n) is 8.20. The highest BCUT2D eigenvalue weighted by molar-refractivity contribution is 6.04. The maximum absolute atomic E-state index is 14.3. The Morgan fingerprint density at radius 1 is 1.25 bits per heavy atom. The van der Waals surface area contributed by atoms with Gasteiger partial charge in [0.15, 0.2) is 0 Å². The number of carboxylic acids is 1. The highest BCUT2D eigenvalue weighted by Gasteiger charge is 2.79. The Kier molecular flexibility index (Phi) is 7.43. The Bertz CT molecular complexity index is 1010. The number of aliphatic carboxylic acids is 1. The van der Waals surface area contributed by atoms with E-state index < -0.39 is 35.0 Å². The minimum Gasteiger partial charge on any atom is -0.497 e. The monoisotopic (exact) mass is 500 g/mol. The standard InChI is InChI=1S/C27H36N2O7/c1-4-15-28(18-9-11-19(35-3)12-10-18)24(32)22-27-14-13-26(5-2,36-27)21(25(33)34)20(27)23(31)29(22)16-7-6-8-17-30/h4,9-12,20-22,30H,1,5-8,13-17H2,2-3H3,(H,33,34)/t20-,21+,22?,26-,27?/m0/s1. The van der Waals surface area contributed by atoms with Crippen LogP contribution >= 0.6 is 0 Å². The maximum atomic E-state index is 14.3. The molecular weight excluding hydrogens is 464 g/mol. The van der Waals surface area contributed by atoms with Gasteiger partial charge >= 0.3 is 5.97 Å². The number of carbonyl (C=O) groups excluding carboxylic acids is 2. The number of aliphatic hydroxyl groups excluding tert-OH is 1. The number of hydrogen-bond acceptors (Lipinski definition) is 6. The van der Waals surface area contributed by atoms with Crippen LogP contribution in [0.3, 0.4) is 0 Å². The van der Waals surface area contributed by atoms with Crippen LogP contribution in [0, 0.1) is 11.8 Å². The van der Waals surface area contributed by atoms with Gasteiger partial charge in [-0.1, -0.05) is 13.0 Å². The summed E-state index contributed by atoms with van der Waals surface area (Å²) in [6.45, 7) is 6.26. The molecule has 1 aromatic rings. The van der Waals surface area contributed by atoms with Crippen molar-refractivity contribution in [3.8, 4) is 5.75 Å². The number of ether oxygens (including phenoxy) is 2. The number of benzene rings is 1. The van der Waals surface area contributed by atoms with E-state index in [9.17, 15) is 19.5 Å². The molecule has 9 heteroatoms. The van der Waals surface area contributed by atoms with Crippen LogP contribution in [0.4, 0.5) is 5.69 Å². The Balaban J connectivity index is 1.76. The van der Waals surface area contributed by atoms with Crippen molar-refractivity contribution in [3.63, 3.8) is 0 Å². The van der Waals surface area contributed by atoms with E-state index in [1.807, 2.05) is 6.92 Å². The number of unbranched alkanes of at least 4 members (excludes halogenated alkanes) is 2. The van der Waals surface area contributed by atoms with Crippen LogP contribution in [0.5, 0.6) is 5.75 Å². The van der Waals surface area contributed by atoms with Gasteiger partial charge in [-0.3, -0.25) is 14.4 Å². The summed E-state index contributed by atoms with van der Waals surface area (Å²) in [5.41, 5.74) is -1.51. The third kappa shape index (κ3) is 3.98. The van der Waals surface area contributed by atoms with Crippen molar-refractivity contribution in [3.05, 3.63) is 36.9 Å². The fourth-order valence-corrected chi connectivity index (χ4v) is 6.55. The summed E-state index contributed by atoms with van der Waals surface area (Å²) < 4.78 is 11.8. The molecule has 3 aliphatic rings. The molecular formula is C27H36N2O7. The summed E-state index contributed by atoms with van der Waals surface area (Å²) in [5.74, 6) is -2.93. The van der Waals surface area contributed by atoms with E-state index >= 15 is 0 Å². The minimum atomic E-state index is -1.18. The van der Waals surface area contributed by atoms with E-state index in [2.05, 4.69) is 6.58 Å². The minimum absolute atomic E-state index is 0.0523. The first kappa shape index (κ1) is 26.2. The first-order valence-corrected chi connectivity index (χ1v) is 12.7. The van der Waals surface area contributed by atoms with Crippen molar-refractivity contribution in [2.45, 2.75) is 62.7 Å². The number of hydrogen-bond donors (Lipinski definition) is 2. The molecule has 3 fully saturated rings. The van der Waals surface area contributed by atoms with Crippen molar-refractivity contribution in [2.75, 3.05) is 31.7 Å². The number of likely N-dealkylation sites (tertiary alicyclic amines) is 1. The number of carbonyl (C=O) groups is 3. The second-order valence-corrected chi connectivity index (χ2v) is 9.92. The van der Waals surface area contributed by atoms with E-state index in [-0.39, 0.29) is 25.0 Å². The molecule has 1 spiro atoms. The first-order valence-electron chi connectivity index (χ1n) is 12.7. The normalized spacial score (nSPS) is 30.4. The number of amides is 2. The first-order chi connectivity index (χ1) is 17.3. The van der Waals surface area contributed by atoms with Gasteiger partial charge in [-0.2, -0.15) is 0 Å². The number of rotatable bonds is 12. The van der Waals surface area contributed by atoms with Crippen LogP contribution in [0.1, 0.15) is 45.4 Å². The third-order valence-corrected chi connectivity index (χ3v) is 8.20. The number of anilines is 1. The van der Waals surface area contributed by atoms with E-state index in [0.717, 1.165) is 0 Å². The summed E-state index contributed by atoms with van der Waals surface area (Å²) in [7, 11) is 1.57. The largest absolute Gasteiger partial charge is 0.497 e. The predicted octanol–water partition coefficient (Wildman–Crippen LogP) is 2.62. The lowest BCUT2D eigenvalue weighted by molar-refractivity contribution is -0.155. The molecule has 4 rings (SSSR count). The Morgan fingerprint density at radius 3 is 2.56 bits per heavy atom. The van der Waals surface area contributed by atoms with Gasteiger partial charge in [-0.15, -0.1) is 6.58 Å². The lowest BCUT2D eigenvalue weighted by atomic mass is 9.65. The topological polar surface area (TPSA) is 117 Å². The van der Waals surface area contributed by atoms with Gasteiger partial charge in [0.05, 0.1) is 18.6 Å². The average molecular weight is 501 g/mol. The smallest absolute Gasteiger partial charge is 0.310 e. The molecule has 36 heavy (non-hydrogen) atoms. The summed E-state index contributed by atoms with van der Waals surface area (Å²) >= 11 is 0. The molecule has 2 unspecified atom stereocenters. The van der Waals surface area contributed by atoms with Crippen LogP contribution in [-0.4, -0.2) is 76.9 Å². The predicted molar refractivity (Wildman–Crippen MR) is 133 cm³/mol. The van der Waals surface area contributed by atoms with Crippen LogP contribution in [0.25, 0.3) is 0 Å². The van der Waals surface area contributed by atoms with E-state index in [1.54, 1.807) is 47.3 Å². The van der Waals surface area contributed by atoms with Gasteiger partial charge in [-0.05, 0) is 62.8 Å². The van der Waals surface area contributed by atoms with Crippen LogP contribution in [-0.2, 0) is 19.1 Å². The molecule has 0 aliphatic carbocycles. The van der Waals surface area contributed by atoms with E-state index in [4.69, 9.17) is 14.6 Å². The Hall–Kier alpha value is -2.91. The summed E-state index contributed by atoms with van der Waals surface area (Å²) in [6, 6.07) is 6.13. The fraction of sp³-hybridized carbons (Fsp3) is 0.593. The van der Waals surface area contributed by atoms with Gasteiger partial charge in [0.25, 0.3) is 5.91 Å². The second-order valence-electron chi connectivity index (χ2n) is 9.92. The fourth-order valence-electron chi connectivity index (χ4n) is 6.55. The van der Waals surface area contributed by atoms with Crippen molar-refractivity contribution in [1.29, 1.82) is 0 Å². The molecule has 2 N–H and O–H groups in total. The molecule has 3 aliphatic heterocycles. The number of carboxylic acid groups (broad SMARTS) is 1. The Morgan fingerprint density at radius 2 is 1.97 bits per heavy atom. The molecule has 2 bridgehead atoms. The van der Waals surface area contributed by atoms with E-state index in [1.165, 1.54) is 0 Å². The lowest BCUT2D eigenvalue weighted by Crippen LogP contribution is -2.56. The van der Waals surface area contributed by atoms with Crippen LogP contribution in [0.15, 0.2) is 36.9 Å². The SMILES string of the molecule is C=CCN(C(=O)C1N(CCCCCO)C(=O)[C@@H]2[C@H](C(=O)O)[C@]3(CC)CCC12O3)c1ccc(OC)cc1. The van der Waals surface area contributed by atoms with Crippen molar-refractivity contribution < 1.29 is 34.1 Å². The van der Waals surface area contributed by atoms with Crippen LogP contribution in [0.2, 0.25) is 0 Å². The van der Waals surface area contributed by atoms with Crippen molar-refractivity contribution in [2.24, 2.45) is 11.8 Å². The molecule has 3 saturated heterocycles. The molecule has 0 saturated carbocycles. The zero-order valence-corrected chi connectivity index (χ0v) is 21.0. The molecule has 0 aromatic heterocycles. The van der Waals surface area contributed by atoms with Gasteiger partial charge < -0.3 is 29.5 Å².